The largest absolute Gasteiger partial charge is 0.373 e. The van der Waals surface area contributed by atoms with E-state index in [4.69, 9.17) is 23.7 Å². The predicted molar refractivity (Wildman–Crippen MR) is 95.6 cm³/mol. The van der Waals surface area contributed by atoms with Crippen LogP contribution in [0.3, 0.4) is 0 Å². The highest BCUT2D eigenvalue weighted by atomic mass is 19.1. The van der Waals surface area contributed by atoms with Crippen molar-refractivity contribution in [2.45, 2.75) is 43.7 Å². The Labute approximate surface area is 157 Å². The smallest absolute Gasteiger partial charge is 0.228 e. The lowest BCUT2D eigenvalue weighted by molar-refractivity contribution is -0.351. The second-order valence-corrected chi connectivity index (χ2v) is 6.66. The van der Waals surface area contributed by atoms with Crippen LogP contribution in [0.15, 0.2) is 60.7 Å². The van der Waals surface area contributed by atoms with E-state index in [1.165, 1.54) is 7.11 Å². The van der Waals surface area contributed by atoms with Crippen LogP contribution in [0.25, 0.3) is 0 Å². The first-order valence-electron chi connectivity index (χ1n) is 9.06. The number of rotatable bonds is 5. The minimum atomic E-state index is -1.60. The monoisotopic (exact) mass is 374 g/mol. The lowest BCUT2D eigenvalue weighted by atomic mass is 9.97. The average molecular weight is 374 g/mol. The molecule has 2 heterocycles. The topological polar surface area (TPSA) is 46.2 Å². The van der Waals surface area contributed by atoms with Crippen LogP contribution in [0.4, 0.5) is 4.39 Å². The van der Waals surface area contributed by atoms with E-state index in [1.807, 2.05) is 60.7 Å². The molecule has 144 valence electrons. The Morgan fingerprint density at radius 2 is 1.67 bits per heavy atom. The summed E-state index contributed by atoms with van der Waals surface area (Å²) in [6.45, 7) is 0.563. The molecule has 5 nitrogen and oxygen atoms in total. The Morgan fingerprint density at radius 1 is 0.963 bits per heavy atom. The standard InChI is InChI=1S/C21H23FO5/c1-23-19-18(24-12-14-8-4-2-5-9-14)17-16(26-20(19)22)13-25-21(27-17)15-10-6-3-7-11-15/h2-11,16-21H,12-13H2,1H3/t16-,17-,18+,19+,20+,21?/m1/s1. The van der Waals surface area contributed by atoms with E-state index in [2.05, 4.69) is 0 Å². The van der Waals surface area contributed by atoms with Gasteiger partial charge in [-0.1, -0.05) is 60.7 Å². The molecule has 2 aromatic carbocycles. The number of methoxy groups -OCH3 is 1. The van der Waals surface area contributed by atoms with E-state index >= 15 is 0 Å². The maximum absolute atomic E-state index is 14.5. The summed E-state index contributed by atoms with van der Waals surface area (Å²) < 4.78 is 43.2. The molecule has 0 aliphatic carbocycles. The third-order valence-electron chi connectivity index (χ3n) is 4.90. The van der Waals surface area contributed by atoms with E-state index < -0.39 is 37.1 Å². The van der Waals surface area contributed by atoms with Crippen LogP contribution in [0.5, 0.6) is 0 Å². The fraction of sp³-hybridized carbons (Fsp3) is 0.429. The molecule has 2 saturated heterocycles. The zero-order valence-electron chi connectivity index (χ0n) is 15.1. The van der Waals surface area contributed by atoms with Gasteiger partial charge in [0.2, 0.25) is 6.36 Å². The van der Waals surface area contributed by atoms with Gasteiger partial charge in [0.1, 0.15) is 24.4 Å². The first-order chi connectivity index (χ1) is 13.3. The Hall–Kier alpha value is -1.83. The molecule has 0 amide bonds. The molecule has 27 heavy (non-hydrogen) atoms. The van der Waals surface area contributed by atoms with Gasteiger partial charge in [-0.3, -0.25) is 0 Å². The van der Waals surface area contributed by atoms with Gasteiger partial charge in [0.25, 0.3) is 0 Å². The van der Waals surface area contributed by atoms with Crippen molar-refractivity contribution >= 4 is 0 Å². The van der Waals surface area contributed by atoms with Crippen molar-refractivity contribution in [2.75, 3.05) is 13.7 Å². The normalized spacial score (nSPS) is 33.4. The molecule has 0 saturated carbocycles. The minimum Gasteiger partial charge on any atom is -0.373 e. The van der Waals surface area contributed by atoms with Crippen LogP contribution in [0.2, 0.25) is 0 Å². The van der Waals surface area contributed by atoms with E-state index in [0.29, 0.717) is 6.61 Å². The Balaban J connectivity index is 1.53. The van der Waals surface area contributed by atoms with Crippen molar-refractivity contribution in [3.8, 4) is 0 Å². The zero-order valence-corrected chi connectivity index (χ0v) is 15.1. The van der Waals surface area contributed by atoms with Crippen LogP contribution >= 0.6 is 0 Å². The third kappa shape index (κ3) is 4.05. The van der Waals surface area contributed by atoms with E-state index in [9.17, 15) is 4.39 Å². The summed E-state index contributed by atoms with van der Waals surface area (Å²) in [6, 6.07) is 19.4. The molecule has 0 aromatic heterocycles. The Bertz CT molecular complexity index is 713. The van der Waals surface area contributed by atoms with Crippen molar-refractivity contribution in [3.63, 3.8) is 0 Å². The second-order valence-electron chi connectivity index (χ2n) is 6.66. The molecular weight excluding hydrogens is 351 g/mol. The number of alkyl halides is 1. The van der Waals surface area contributed by atoms with Crippen molar-refractivity contribution in [2.24, 2.45) is 0 Å². The molecule has 0 radical (unpaired) electrons. The van der Waals surface area contributed by atoms with Crippen molar-refractivity contribution in [3.05, 3.63) is 71.8 Å². The number of fused-ring (bicyclic) bond motifs is 1. The summed E-state index contributed by atoms with van der Waals surface area (Å²) in [6.07, 6.45) is -4.68. The lowest BCUT2D eigenvalue weighted by Gasteiger charge is -2.47. The van der Waals surface area contributed by atoms with E-state index in [-0.39, 0.29) is 6.61 Å². The molecule has 6 heteroatoms. The summed E-state index contributed by atoms with van der Waals surface area (Å²) in [5.41, 5.74) is 1.89. The van der Waals surface area contributed by atoms with Gasteiger partial charge in [-0.2, -0.15) is 0 Å². The van der Waals surface area contributed by atoms with Gasteiger partial charge in [-0.15, -0.1) is 0 Å². The quantitative estimate of drug-likeness (QED) is 0.803. The Morgan fingerprint density at radius 3 is 2.37 bits per heavy atom. The highest BCUT2D eigenvalue weighted by Crippen LogP contribution is 2.36. The molecule has 4 rings (SSSR count). The molecule has 6 atom stereocenters. The van der Waals surface area contributed by atoms with E-state index in [0.717, 1.165) is 11.1 Å². The first kappa shape index (κ1) is 18.5. The van der Waals surface area contributed by atoms with Crippen LogP contribution in [0, 0.1) is 0 Å². The van der Waals surface area contributed by atoms with Crippen LogP contribution in [-0.2, 0) is 30.3 Å². The van der Waals surface area contributed by atoms with Gasteiger partial charge < -0.3 is 23.7 Å². The SMILES string of the molecule is CO[C@H]1[C@@H](OCc2ccccc2)[C@@H]2OC(c3ccccc3)OC[C@H]2O[C@@H]1F. The number of ether oxygens (including phenoxy) is 5. The highest BCUT2D eigenvalue weighted by molar-refractivity contribution is 5.17. The third-order valence-corrected chi connectivity index (χ3v) is 4.90. The summed E-state index contributed by atoms with van der Waals surface area (Å²) >= 11 is 0. The van der Waals surface area contributed by atoms with Crippen LogP contribution < -0.4 is 0 Å². The predicted octanol–water partition coefficient (Wildman–Crippen LogP) is 3.40. The van der Waals surface area contributed by atoms with Gasteiger partial charge in [0, 0.05) is 12.7 Å². The number of hydrogen-bond donors (Lipinski definition) is 0. The molecule has 2 aliphatic heterocycles. The van der Waals surface area contributed by atoms with Gasteiger partial charge in [0.15, 0.2) is 6.29 Å². The highest BCUT2D eigenvalue weighted by Gasteiger charge is 2.51. The number of hydrogen-bond acceptors (Lipinski definition) is 5. The summed E-state index contributed by atoms with van der Waals surface area (Å²) in [4.78, 5) is 0. The van der Waals surface area contributed by atoms with Gasteiger partial charge >= 0.3 is 0 Å². The molecule has 1 unspecified atom stereocenters. The van der Waals surface area contributed by atoms with Crippen molar-refractivity contribution < 1.29 is 28.1 Å². The fourth-order valence-corrected chi connectivity index (χ4v) is 3.52. The molecule has 0 bridgehead atoms. The molecule has 0 spiro atoms. The lowest BCUT2D eigenvalue weighted by Crippen LogP contribution is -2.62. The maximum atomic E-state index is 14.5. The fourth-order valence-electron chi connectivity index (χ4n) is 3.52. The number of halogens is 1. The molecule has 2 fully saturated rings. The summed E-state index contributed by atoms with van der Waals surface area (Å²) in [5, 5.41) is 0. The molecule has 0 N–H and O–H groups in total. The molecule has 2 aromatic rings. The van der Waals surface area contributed by atoms with Gasteiger partial charge in [-0.05, 0) is 5.56 Å². The zero-order chi connectivity index (χ0) is 18.6. The van der Waals surface area contributed by atoms with Crippen LogP contribution in [-0.4, -0.2) is 44.5 Å². The maximum Gasteiger partial charge on any atom is 0.228 e. The molecular formula is C21H23FO5. The minimum absolute atomic E-state index is 0.228. The van der Waals surface area contributed by atoms with Crippen molar-refractivity contribution in [1.82, 2.24) is 0 Å². The Kier molecular flexibility index (Phi) is 5.80. The van der Waals surface area contributed by atoms with Gasteiger partial charge in [-0.25, -0.2) is 4.39 Å². The summed E-state index contributed by atoms with van der Waals surface area (Å²) in [5.74, 6) is 0. The first-order valence-corrected chi connectivity index (χ1v) is 9.06. The van der Waals surface area contributed by atoms with Gasteiger partial charge in [0.05, 0.1) is 13.2 Å². The number of benzene rings is 2. The second kappa shape index (κ2) is 8.46. The van der Waals surface area contributed by atoms with Crippen LogP contribution in [0.1, 0.15) is 17.4 Å². The summed E-state index contributed by atoms with van der Waals surface area (Å²) in [7, 11) is 1.45. The van der Waals surface area contributed by atoms with Crippen molar-refractivity contribution in [1.29, 1.82) is 0 Å². The molecule has 2 aliphatic rings. The van der Waals surface area contributed by atoms with E-state index in [1.54, 1.807) is 0 Å². The average Bonchev–Trinajstić information content (AvgIpc) is 2.73.